The summed E-state index contributed by atoms with van der Waals surface area (Å²) in [5, 5.41) is 0. The van der Waals surface area contributed by atoms with E-state index in [-0.39, 0.29) is 5.60 Å². The molecule has 0 aliphatic heterocycles. The lowest BCUT2D eigenvalue weighted by Crippen LogP contribution is -2.38. The molecule has 1 aliphatic rings. The highest BCUT2D eigenvalue weighted by Crippen LogP contribution is 2.31. The molecule has 0 aromatic carbocycles. The average Bonchev–Trinajstić information content (AvgIpc) is 2.98. The first-order valence-electron chi connectivity index (χ1n) is 8.40. The number of unbranched alkanes of at least 4 members (excludes halogenated alkanes) is 1. The summed E-state index contributed by atoms with van der Waals surface area (Å²) in [6.45, 7) is 7.36. The van der Waals surface area contributed by atoms with E-state index in [2.05, 4.69) is 6.92 Å². The Bertz CT molecular complexity index is 232. The Labute approximate surface area is 129 Å². The molecule has 1 aliphatic carbocycles. The molecule has 5 heteroatoms. The summed E-state index contributed by atoms with van der Waals surface area (Å²) in [4.78, 5) is 0. The van der Waals surface area contributed by atoms with Crippen molar-refractivity contribution in [1.82, 2.24) is 0 Å². The minimum atomic E-state index is -0.0737. The van der Waals surface area contributed by atoms with Crippen molar-refractivity contribution in [3.8, 4) is 0 Å². The van der Waals surface area contributed by atoms with Gasteiger partial charge < -0.3 is 24.7 Å². The van der Waals surface area contributed by atoms with Gasteiger partial charge in [0.25, 0.3) is 0 Å². The Morgan fingerprint density at radius 2 is 1.33 bits per heavy atom. The molecule has 0 bridgehead atoms. The van der Waals surface area contributed by atoms with Crippen LogP contribution in [0.1, 0.15) is 45.4 Å². The van der Waals surface area contributed by atoms with Crippen LogP contribution in [0.15, 0.2) is 0 Å². The van der Waals surface area contributed by atoms with Crippen LogP contribution in [0.25, 0.3) is 0 Å². The van der Waals surface area contributed by atoms with Crippen LogP contribution in [0.2, 0.25) is 0 Å². The van der Waals surface area contributed by atoms with Gasteiger partial charge in [0, 0.05) is 13.2 Å². The van der Waals surface area contributed by atoms with E-state index in [0.717, 1.165) is 25.9 Å². The quantitative estimate of drug-likeness (QED) is 0.498. The Morgan fingerprint density at radius 3 is 1.86 bits per heavy atom. The standard InChI is InChI=1S/C16H33NO4/c1-2-3-8-18-9-10-19-11-12-20-13-14-21-16(15-17)6-4-5-7-16/h2-15,17H2,1H3. The Balaban J connectivity index is 1.80. The molecule has 1 rings (SSSR count). The molecule has 21 heavy (non-hydrogen) atoms. The molecule has 0 unspecified atom stereocenters. The Kier molecular flexibility index (Phi) is 11.1. The van der Waals surface area contributed by atoms with E-state index in [1.54, 1.807) is 0 Å². The normalized spacial score (nSPS) is 17.4. The van der Waals surface area contributed by atoms with Gasteiger partial charge in [0.2, 0.25) is 0 Å². The average molecular weight is 303 g/mol. The first-order chi connectivity index (χ1) is 10.3. The van der Waals surface area contributed by atoms with Crippen LogP contribution in [0.4, 0.5) is 0 Å². The molecular formula is C16H33NO4. The molecule has 0 amide bonds. The van der Waals surface area contributed by atoms with E-state index in [1.165, 1.54) is 19.3 Å². The highest BCUT2D eigenvalue weighted by atomic mass is 16.6. The van der Waals surface area contributed by atoms with Crippen molar-refractivity contribution in [3.63, 3.8) is 0 Å². The number of hydrogen-bond acceptors (Lipinski definition) is 5. The maximum absolute atomic E-state index is 5.91. The molecule has 1 fully saturated rings. The van der Waals surface area contributed by atoms with Gasteiger partial charge in [0.05, 0.1) is 45.2 Å². The van der Waals surface area contributed by atoms with Crippen molar-refractivity contribution < 1.29 is 18.9 Å². The second-order valence-electron chi connectivity index (χ2n) is 5.63. The second kappa shape index (κ2) is 12.4. The lowest BCUT2D eigenvalue weighted by atomic mass is 10.0. The highest BCUT2D eigenvalue weighted by Gasteiger charge is 2.32. The molecule has 0 spiro atoms. The summed E-state index contributed by atoms with van der Waals surface area (Å²) in [6.07, 6.45) is 6.92. The smallest absolute Gasteiger partial charge is 0.0805 e. The zero-order valence-electron chi connectivity index (χ0n) is 13.6. The third kappa shape index (κ3) is 8.73. The monoisotopic (exact) mass is 303 g/mol. The van der Waals surface area contributed by atoms with E-state index >= 15 is 0 Å². The molecule has 0 saturated heterocycles. The fraction of sp³-hybridized carbons (Fsp3) is 1.00. The first-order valence-corrected chi connectivity index (χ1v) is 8.40. The summed E-state index contributed by atoms with van der Waals surface area (Å²) in [7, 11) is 0. The molecule has 1 saturated carbocycles. The van der Waals surface area contributed by atoms with Crippen molar-refractivity contribution in [2.75, 3.05) is 52.8 Å². The van der Waals surface area contributed by atoms with Crippen LogP contribution in [-0.2, 0) is 18.9 Å². The maximum atomic E-state index is 5.91. The summed E-state index contributed by atoms with van der Waals surface area (Å²) in [5.74, 6) is 0. The molecule has 2 N–H and O–H groups in total. The number of ether oxygens (including phenoxy) is 4. The Morgan fingerprint density at radius 1 is 0.810 bits per heavy atom. The fourth-order valence-corrected chi connectivity index (χ4v) is 2.53. The van der Waals surface area contributed by atoms with Crippen molar-refractivity contribution in [2.24, 2.45) is 5.73 Å². The molecule has 0 aromatic heterocycles. The number of nitrogens with two attached hydrogens (primary N) is 1. The van der Waals surface area contributed by atoms with Crippen molar-refractivity contribution in [1.29, 1.82) is 0 Å². The van der Waals surface area contributed by atoms with Crippen LogP contribution in [0.5, 0.6) is 0 Å². The van der Waals surface area contributed by atoms with Crippen molar-refractivity contribution in [2.45, 2.75) is 51.0 Å². The molecule has 0 atom stereocenters. The molecular weight excluding hydrogens is 270 g/mol. The summed E-state index contributed by atoms with van der Waals surface area (Å²) in [6, 6.07) is 0. The van der Waals surface area contributed by atoms with E-state index < -0.39 is 0 Å². The lowest BCUT2D eigenvalue weighted by molar-refractivity contribution is -0.0642. The zero-order valence-corrected chi connectivity index (χ0v) is 13.6. The van der Waals surface area contributed by atoms with Crippen molar-refractivity contribution in [3.05, 3.63) is 0 Å². The molecule has 0 radical (unpaired) electrons. The van der Waals surface area contributed by atoms with Gasteiger partial charge in [-0.25, -0.2) is 0 Å². The van der Waals surface area contributed by atoms with Gasteiger partial charge in [0.15, 0.2) is 0 Å². The largest absolute Gasteiger partial charge is 0.379 e. The molecule has 126 valence electrons. The van der Waals surface area contributed by atoms with Gasteiger partial charge in [-0.2, -0.15) is 0 Å². The van der Waals surface area contributed by atoms with E-state index in [0.29, 0.717) is 46.2 Å². The summed E-state index contributed by atoms with van der Waals surface area (Å²) in [5.41, 5.74) is 5.74. The first kappa shape index (κ1) is 18.8. The third-order valence-corrected chi connectivity index (χ3v) is 3.91. The van der Waals surface area contributed by atoms with Gasteiger partial charge in [-0.1, -0.05) is 26.2 Å². The maximum Gasteiger partial charge on any atom is 0.0805 e. The third-order valence-electron chi connectivity index (χ3n) is 3.91. The second-order valence-corrected chi connectivity index (χ2v) is 5.63. The zero-order chi connectivity index (χ0) is 15.2. The molecule has 5 nitrogen and oxygen atoms in total. The SMILES string of the molecule is CCCCOCCOCCOCCOC1(CN)CCCC1. The number of hydrogen-bond donors (Lipinski definition) is 1. The van der Waals surface area contributed by atoms with Crippen LogP contribution in [-0.4, -0.2) is 58.4 Å². The van der Waals surface area contributed by atoms with Gasteiger partial charge in [-0.15, -0.1) is 0 Å². The van der Waals surface area contributed by atoms with E-state index in [4.69, 9.17) is 24.7 Å². The van der Waals surface area contributed by atoms with E-state index in [1.807, 2.05) is 0 Å². The predicted molar refractivity (Wildman–Crippen MR) is 83.6 cm³/mol. The lowest BCUT2D eigenvalue weighted by Gasteiger charge is -2.27. The summed E-state index contributed by atoms with van der Waals surface area (Å²) >= 11 is 0. The van der Waals surface area contributed by atoms with Gasteiger partial charge in [0.1, 0.15) is 0 Å². The van der Waals surface area contributed by atoms with Crippen molar-refractivity contribution >= 4 is 0 Å². The Hall–Kier alpha value is -0.200. The minimum Gasteiger partial charge on any atom is -0.379 e. The van der Waals surface area contributed by atoms with Gasteiger partial charge in [-0.3, -0.25) is 0 Å². The molecule has 0 aromatic rings. The van der Waals surface area contributed by atoms with Gasteiger partial charge >= 0.3 is 0 Å². The minimum absolute atomic E-state index is 0.0737. The summed E-state index contributed by atoms with van der Waals surface area (Å²) < 4.78 is 22.2. The van der Waals surface area contributed by atoms with Crippen LogP contribution in [0.3, 0.4) is 0 Å². The predicted octanol–water partition coefficient (Wildman–Crippen LogP) is 2.12. The van der Waals surface area contributed by atoms with Crippen LogP contribution in [0, 0.1) is 0 Å². The highest BCUT2D eigenvalue weighted by molar-refractivity contribution is 4.87. The van der Waals surface area contributed by atoms with E-state index in [9.17, 15) is 0 Å². The van der Waals surface area contributed by atoms with Crippen LogP contribution < -0.4 is 5.73 Å². The molecule has 0 heterocycles. The number of rotatable bonds is 14. The van der Waals surface area contributed by atoms with Gasteiger partial charge in [-0.05, 0) is 19.3 Å². The topological polar surface area (TPSA) is 62.9 Å². The fourth-order valence-electron chi connectivity index (χ4n) is 2.53. The van der Waals surface area contributed by atoms with Crippen LogP contribution >= 0.6 is 0 Å².